The molecule has 4 rings (SSSR count). The average Bonchev–Trinajstić information content (AvgIpc) is 3.16. The molecule has 0 aliphatic carbocycles. The Morgan fingerprint density at radius 2 is 1.70 bits per heavy atom. The Bertz CT molecular complexity index is 1090. The second-order valence-corrected chi connectivity index (χ2v) is 7.36. The van der Waals surface area contributed by atoms with Crippen LogP contribution in [0, 0.1) is 5.82 Å². The van der Waals surface area contributed by atoms with E-state index in [1.54, 1.807) is 66.7 Å². The molecule has 152 valence electrons. The molecule has 1 aliphatic rings. The molecule has 5 nitrogen and oxygen atoms in total. The first-order valence-electron chi connectivity index (χ1n) is 9.31. The molecule has 2 amide bonds. The van der Waals surface area contributed by atoms with Gasteiger partial charge >= 0.3 is 0 Å². The molecule has 7 heteroatoms. The molecule has 1 aliphatic heterocycles. The number of rotatable bonds is 5. The highest BCUT2D eigenvalue weighted by Gasteiger charge is 2.41. The summed E-state index contributed by atoms with van der Waals surface area (Å²) in [5, 5.41) is 0.171. The molecule has 0 fully saturated rings. The molecule has 0 saturated heterocycles. The van der Waals surface area contributed by atoms with E-state index in [0.29, 0.717) is 16.7 Å². The fraction of sp³-hybridized carbons (Fsp3) is 0.130. The van der Waals surface area contributed by atoms with Crippen LogP contribution in [0.4, 0.5) is 4.39 Å². The lowest BCUT2D eigenvalue weighted by molar-refractivity contribution is -0.123. The number of primary amides is 1. The van der Waals surface area contributed by atoms with E-state index in [2.05, 4.69) is 0 Å². The molecule has 0 aromatic heterocycles. The molecule has 2 atom stereocenters. The van der Waals surface area contributed by atoms with Crippen LogP contribution >= 0.6 is 11.6 Å². The maximum absolute atomic E-state index is 14.4. The van der Waals surface area contributed by atoms with E-state index in [-0.39, 0.29) is 17.4 Å². The third-order valence-corrected chi connectivity index (χ3v) is 5.25. The summed E-state index contributed by atoms with van der Waals surface area (Å²) in [6.45, 7) is -0.0260. The second-order valence-electron chi connectivity index (χ2n) is 6.93. The third-order valence-electron chi connectivity index (χ3n) is 5.04. The van der Waals surface area contributed by atoms with Crippen molar-refractivity contribution >= 4 is 23.4 Å². The summed E-state index contributed by atoms with van der Waals surface area (Å²) >= 11 is 6.06. The highest BCUT2D eigenvalue weighted by molar-refractivity contribution is 6.30. The Hall–Kier alpha value is -3.38. The zero-order valence-electron chi connectivity index (χ0n) is 15.8. The zero-order chi connectivity index (χ0) is 21.3. The first kappa shape index (κ1) is 19.9. The van der Waals surface area contributed by atoms with Crippen LogP contribution in [0.15, 0.2) is 72.8 Å². The van der Waals surface area contributed by atoms with Crippen molar-refractivity contribution in [3.05, 3.63) is 100 Å². The first-order valence-corrected chi connectivity index (χ1v) is 9.69. The van der Waals surface area contributed by atoms with Gasteiger partial charge < -0.3 is 15.4 Å². The van der Waals surface area contributed by atoms with Crippen LogP contribution in [0.5, 0.6) is 5.75 Å². The van der Waals surface area contributed by atoms with Gasteiger partial charge in [-0.1, -0.05) is 60.1 Å². The summed E-state index contributed by atoms with van der Waals surface area (Å²) < 4.78 is 19.9. The van der Waals surface area contributed by atoms with Gasteiger partial charge in [-0.05, 0) is 29.8 Å². The highest BCUT2D eigenvalue weighted by Crippen LogP contribution is 2.43. The van der Waals surface area contributed by atoms with Gasteiger partial charge in [0.05, 0.1) is 6.04 Å². The number of halogens is 2. The Kier molecular flexibility index (Phi) is 5.42. The fourth-order valence-corrected chi connectivity index (χ4v) is 3.94. The zero-order valence-corrected chi connectivity index (χ0v) is 16.6. The quantitative estimate of drug-likeness (QED) is 0.664. The predicted molar refractivity (Wildman–Crippen MR) is 111 cm³/mol. The summed E-state index contributed by atoms with van der Waals surface area (Å²) in [7, 11) is 0. The Morgan fingerprint density at radius 3 is 2.33 bits per heavy atom. The number of hydrogen-bond acceptors (Lipinski definition) is 3. The van der Waals surface area contributed by atoms with Crippen molar-refractivity contribution in [2.24, 2.45) is 5.73 Å². The monoisotopic (exact) mass is 424 g/mol. The van der Waals surface area contributed by atoms with Crippen LogP contribution in [-0.4, -0.2) is 23.3 Å². The Morgan fingerprint density at radius 1 is 1.07 bits per heavy atom. The van der Waals surface area contributed by atoms with Gasteiger partial charge in [0.25, 0.3) is 5.91 Å². The highest BCUT2D eigenvalue weighted by atomic mass is 35.5. The van der Waals surface area contributed by atoms with Crippen LogP contribution < -0.4 is 10.5 Å². The minimum atomic E-state index is -1.08. The van der Waals surface area contributed by atoms with Crippen LogP contribution in [0.3, 0.4) is 0 Å². The predicted octanol–water partition coefficient (Wildman–Crippen LogP) is 4.28. The van der Waals surface area contributed by atoms with E-state index < -0.39 is 29.7 Å². The fourth-order valence-electron chi connectivity index (χ4n) is 3.73. The van der Waals surface area contributed by atoms with Gasteiger partial charge in [-0.15, -0.1) is 0 Å². The summed E-state index contributed by atoms with van der Waals surface area (Å²) in [4.78, 5) is 27.5. The maximum Gasteiger partial charge on any atom is 0.255 e. The van der Waals surface area contributed by atoms with Gasteiger partial charge in [-0.3, -0.25) is 9.59 Å². The summed E-state index contributed by atoms with van der Waals surface area (Å²) in [6, 6.07) is 18.1. The molecule has 1 heterocycles. The Labute approximate surface area is 177 Å². The smallest absolute Gasteiger partial charge is 0.255 e. The lowest BCUT2D eigenvalue weighted by atomic mass is 9.98. The van der Waals surface area contributed by atoms with Gasteiger partial charge in [0, 0.05) is 16.1 Å². The lowest BCUT2D eigenvalue weighted by Crippen LogP contribution is -2.44. The largest absolute Gasteiger partial charge is 0.488 e. The number of hydrogen-bond donors (Lipinski definition) is 1. The van der Waals surface area contributed by atoms with E-state index in [1.165, 1.54) is 4.90 Å². The number of nitrogens with two attached hydrogens (primary N) is 1. The van der Waals surface area contributed by atoms with Crippen molar-refractivity contribution in [1.29, 1.82) is 0 Å². The number of carbonyl (C=O) groups is 2. The number of carbonyl (C=O) groups excluding carboxylic acids is 2. The number of nitrogens with zero attached hydrogens (tertiary/aromatic N) is 1. The molecule has 30 heavy (non-hydrogen) atoms. The van der Waals surface area contributed by atoms with E-state index in [9.17, 15) is 14.0 Å². The van der Waals surface area contributed by atoms with Gasteiger partial charge in [0.15, 0.2) is 11.6 Å². The second kappa shape index (κ2) is 8.16. The van der Waals surface area contributed by atoms with Crippen molar-refractivity contribution in [2.45, 2.75) is 12.1 Å². The van der Waals surface area contributed by atoms with E-state index in [0.717, 1.165) is 6.07 Å². The van der Waals surface area contributed by atoms with Crippen LogP contribution in [0.25, 0.3) is 0 Å². The standard InChI is InChI=1S/C23H18ClFN2O3/c24-16-11-17-19(13-30-21(17)18(25)12-16)27(23(29)15-9-5-2-6-10-15)20(22(26)28)14-7-3-1-4-8-14/h1-12,19-20H,13H2,(H2,26,28). The normalized spacial score (nSPS) is 15.7. The molecule has 3 aromatic rings. The van der Waals surface area contributed by atoms with Crippen molar-refractivity contribution in [2.75, 3.05) is 6.61 Å². The van der Waals surface area contributed by atoms with Crippen LogP contribution in [0.2, 0.25) is 5.02 Å². The summed E-state index contributed by atoms with van der Waals surface area (Å²) in [5.74, 6) is -1.74. The average molecular weight is 425 g/mol. The van der Waals surface area contributed by atoms with Gasteiger partial charge in [0.1, 0.15) is 12.6 Å². The number of ether oxygens (including phenoxy) is 1. The molecular formula is C23H18ClFN2O3. The van der Waals surface area contributed by atoms with E-state index in [1.807, 2.05) is 0 Å². The molecular weight excluding hydrogens is 407 g/mol. The molecule has 2 N–H and O–H groups in total. The summed E-state index contributed by atoms with van der Waals surface area (Å²) in [5.41, 5.74) is 7.07. The topological polar surface area (TPSA) is 72.6 Å². The molecule has 3 aromatic carbocycles. The van der Waals surface area contributed by atoms with Crippen LogP contribution in [-0.2, 0) is 4.79 Å². The number of benzene rings is 3. The molecule has 0 radical (unpaired) electrons. The minimum Gasteiger partial charge on any atom is -0.488 e. The van der Waals surface area contributed by atoms with Gasteiger partial charge in [-0.2, -0.15) is 0 Å². The van der Waals surface area contributed by atoms with Gasteiger partial charge in [-0.25, -0.2) is 4.39 Å². The maximum atomic E-state index is 14.4. The van der Waals surface area contributed by atoms with Crippen molar-refractivity contribution < 1.29 is 18.7 Å². The van der Waals surface area contributed by atoms with Crippen molar-refractivity contribution in [1.82, 2.24) is 4.90 Å². The minimum absolute atomic E-state index is 0.0199. The van der Waals surface area contributed by atoms with Gasteiger partial charge in [0.2, 0.25) is 5.91 Å². The number of fused-ring (bicyclic) bond motifs is 1. The first-order chi connectivity index (χ1) is 14.5. The molecule has 0 bridgehead atoms. The van der Waals surface area contributed by atoms with E-state index in [4.69, 9.17) is 22.1 Å². The molecule has 2 unspecified atom stereocenters. The molecule has 0 saturated carbocycles. The third kappa shape index (κ3) is 3.62. The van der Waals surface area contributed by atoms with Crippen molar-refractivity contribution in [3.63, 3.8) is 0 Å². The van der Waals surface area contributed by atoms with Crippen molar-refractivity contribution in [3.8, 4) is 5.75 Å². The Balaban J connectivity index is 1.88. The lowest BCUT2D eigenvalue weighted by Gasteiger charge is -2.34. The van der Waals surface area contributed by atoms with E-state index >= 15 is 0 Å². The number of amides is 2. The molecule has 0 spiro atoms. The van der Waals surface area contributed by atoms with Crippen LogP contribution in [0.1, 0.15) is 33.6 Å². The summed E-state index contributed by atoms with van der Waals surface area (Å²) in [6.07, 6.45) is 0. The SMILES string of the molecule is NC(=O)C(c1ccccc1)N(C(=O)c1ccccc1)C1COc2c(F)cc(Cl)cc21.